The van der Waals surface area contributed by atoms with Gasteiger partial charge in [0.15, 0.2) is 0 Å². The number of hydrogen-bond acceptors (Lipinski definition) is 2. The second-order valence-corrected chi connectivity index (χ2v) is 3.24. The molecule has 60 valence electrons. The standard InChI is InChI=1S/C9H13NO/c1-7-3-4-8(11-7)9(10-2)5-6-9/h3-4,10H,5-6H2,1-2H3. The van der Waals surface area contributed by atoms with Crippen LogP contribution in [0.1, 0.15) is 24.4 Å². The topological polar surface area (TPSA) is 25.2 Å². The van der Waals surface area contributed by atoms with Crippen molar-refractivity contribution in [3.05, 3.63) is 23.7 Å². The highest BCUT2D eigenvalue weighted by atomic mass is 16.3. The minimum absolute atomic E-state index is 0.189. The van der Waals surface area contributed by atoms with Crippen LogP contribution in [-0.4, -0.2) is 7.05 Å². The van der Waals surface area contributed by atoms with Crippen LogP contribution in [0.4, 0.5) is 0 Å². The summed E-state index contributed by atoms with van der Waals surface area (Å²) in [5.41, 5.74) is 0.189. The van der Waals surface area contributed by atoms with Crippen molar-refractivity contribution in [2.24, 2.45) is 0 Å². The van der Waals surface area contributed by atoms with E-state index in [1.807, 2.05) is 20.0 Å². The van der Waals surface area contributed by atoms with Crippen molar-refractivity contribution in [2.45, 2.75) is 25.3 Å². The normalized spacial score (nSPS) is 20.2. The molecule has 1 aromatic rings. The van der Waals surface area contributed by atoms with Crippen LogP contribution in [0.3, 0.4) is 0 Å². The summed E-state index contributed by atoms with van der Waals surface area (Å²) in [6.45, 7) is 1.98. The number of hydrogen-bond donors (Lipinski definition) is 1. The van der Waals surface area contributed by atoms with E-state index in [1.54, 1.807) is 0 Å². The molecule has 0 aliphatic heterocycles. The van der Waals surface area contributed by atoms with Crippen LogP contribution in [0.5, 0.6) is 0 Å². The molecular weight excluding hydrogens is 138 g/mol. The molecule has 0 saturated heterocycles. The van der Waals surface area contributed by atoms with Gasteiger partial charge in [0.1, 0.15) is 11.5 Å². The molecule has 1 saturated carbocycles. The van der Waals surface area contributed by atoms with Crippen LogP contribution in [0, 0.1) is 6.92 Å². The average Bonchev–Trinajstić information content (AvgIpc) is 2.70. The van der Waals surface area contributed by atoms with Crippen molar-refractivity contribution in [2.75, 3.05) is 7.05 Å². The zero-order valence-corrected chi connectivity index (χ0v) is 6.98. The zero-order valence-electron chi connectivity index (χ0n) is 6.98. The van der Waals surface area contributed by atoms with E-state index >= 15 is 0 Å². The van der Waals surface area contributed by atoms with Gasteiger partial charge in [0, 0.05) is 0 Å². The van der Waals surface area contributed by atoms with Crippen molar-refractivity contribution in [3.63, 3.8) is 0 Å². The maximum absolute atomic E-state index is 5.54. The van der Waals surface area contributed by atoms with E-state index in [4.69, 9.17) is 4.42 Å². The molecule has 0 bridgehead atoms. The van der Waals surface area contributed by atoms with E-state index in [2.05, 4.69) is 11.4 Å². The SMILES string of the molecule is CNC1(c2ccc(C)o2)CC1. The number of rotatable bonds is 2. The van der Waals surface area contributed by atoms with E-state index < -0.39 is 0 Å². The summed E-state index contributed by atoms with van der Waals surface area (Å²) in [7, 11) is 1.99. The van der Waals surface area contributed by atoms with Crippen molar-refractivity contribution in [1.82, 2.24) is 5.32 Å². The Bertz CT molecular complexity index is 260. The third kappa shape index (κ3) is 0.979. The highest BCUT2D eigenvalue weighted by Crippen LogP contribution is 2.45. The Morgan fingerprint density at radius 3 is 2.55 bits per heavy atom. The van der Waals surface area contributed by atoms with Gasteiger partial charge in [-0.1, -0.05) is 0 Å². The first kappa shape index (κ1) is 6.92. The Kier molecular flexibility index (Phi) is 1.33. The first-order valence-electron chi connectivity index (χ1n) is 4.03. The lowest BCUT2D eigenvalue weighted by Gasteiger charge is -2.09. The van der Waals surface area contributed by atoms with E-state index in [0.29, 0.717) is 0 Å². The van der Waals surface area contributed by atoms with Gasteiger partial charge >= 0.3 is 0 Å². The van der Waals surface area contributed by atoms with Crippen LogP contribution < -0.4 is 5.32 Å². The summed E-state index contributed by atoms with van der Waals surface area (Å²) < 4.78 is 5.54. The summed E-state index contributed by atoms with van der Waals surface area (Å²) in [4.78, 5) is 0. The zero-order chi connectivity index (χ0) is 7.90. The highest BCUT2D eigenvalue weighted by molar-refractivity contribution is 5.22. The van der Waals surface area contributed by atoms with Crippen LogP contribution >= 0.6 is 0 Å². The Hall–Kier alpha value is -0.760. The first-order chi connectivity index (χ1) is 5.27. The maximum atomic E-state index is 5.54. The second kappa shape index (κ2) is 2.11. The van der Waals surface area contributed by atoms with Gasteiger partial charge in [-0.05, 0) is 38.9 Å². The molecule has 1 aliphatic carbocycles. The van der Waals surface area contributed by atoms with Crippen LogP contribution in [0.25, 0.3) is 0 Å². The monoisotopic (exact) mass is 151 g/mol. The van der Waals surface area contributed by atoms with Crippen molar-refractivity contribution >= 4 is 0 Å². The van der Waals surface area contributed by atoms with E-state index in [0.717, 1.165) is 11.5 Å². The molecule has 1 aromatic heterocycles. The largest absolute Gasteiger partial charge is 0.464 e. The minimum atomic E-state index is 0.189. The molecule has 2 nitrogen and oxygen atoms in total. The lowest BCUT2D eigenvalue weighted by Crippen LogP contribution is -2.23. The van der Waals surface area contributed by atoms with Crippen molar-refractivity contribution in [3.8, 4) is 0 Å². The molecule has 0 aromatic carbocycles. The predicted octanol–water partition coefficient (Wildman–Crippen LogP) is 1.80. The van der Waals surface area contributed by atoms with Gasteiger partial charge in [0.25, 0.3) is 0 Å². The fourth-order valence-electron chi connectivity index (χ4n) is 1.44. The molecule has 1 aliphatic rings. The molecule has 0 radical (unpaired) electrons. The van der Waals surface area contributed by atoms with Crippen molar-refractivity contribution < 1.29 is 4.42 Å². The molecular formula is C9H13NO. The molecule has 0 spiro atoms. The third-order valence-electron chi connectivity index (χ3n) is 2.44. The fourth-order valence-corrected chi connectivity index (χ4v) is 1.44. The quantitative estimate of drug-likeness (QED) is 0.697. The Balaban J connectivity index is 2.29. The Morgan fingerprint density at radius 2 is 2.18 bits per heavy atom. The summed E-state index contributed by atoms with van der Waals surface area (Å²) >= 11 is 0. The predicted molar refractivity (Wildman–Crippen MR) is 43.4 cm³/mol. The fraction of sp³-hybridized carbons (Fsp3) is 0.556. The molecule has 0 atom stereocenters. The first-order valence-corrected chi connectivity index (χ1v) is 4.03. The molecule has 0 amide bonds. The Labute approximate surface area is 66.6 Å². The molecule has 2 heteroatoms. The minimum Gasteiger partial charge on any atom is -0.464 e. The molecule has 2 rings (SSSR count). The van der Waals surface area contributed by atoms with Gasteiger partial charge in [0.2, 0.25) is 0 Å². The molecule has 11 heavy (non-hydrogen) atoms. The van der Waals surface area contributed by atoms with Gasteiger partial charge in [0.05, 0.1) is 5.54 Å². The smallest absolute Gasteiger partial charge is 0.124 e. The molecule has 1 N–H and O–H groups in total. The maximum Gasteiger partial charge on any atom is 0.124 e. The Morgan fingerprint density at radius 1 is 1.45 bits per heavy atom. The van der Waals surface area contributed by atoms with Gasteiger partial charge in [-0.2, -0.15) is 0 Å². The summed E-state index contributed by atoms with van der Waals surface area (Å²) in [6, 6.07) is 4.09. The van der Waals surface area contributed by atoms with E-state index in [9.17, 15) is 0 Å². The molecule has 1 heterocycles. The molecule has 0 unspecified atom stereocenters. The third-order valence-corrected chi connectivity index (χ3v) is 2.44. The second-order valence-electron chi connectivity index (χ2n) is 3.24. The summed E-state index contributed by atoms with van der Waals surface area (Å²) in [6.07, 6.45) is 2.41. The van der Waals surface area contributed by atoms with Crippen molar-refractivity contribution in [1.29, 1.82) is 0 Å². The average molecular weight is 151 g/mol. The van der Waals surface area contributed by atoms with Crippen LogP contribution in [-0.2, 0) is 5.54 Å². The summed E-state index contributed by atoms with van der Waals surface area (Å²) in [5.74, 6) is 2.10. The van der Waals surface area contributed by atoms with E-state index in [1.165, 1.54) is 12.8 Å². The van der Waals surface area contributed by atoms with Gasteiger partial charge in [-0.15, -0.1) is 0 Å². The number of furan rings is 1. The van der Waals surface area contributed by atoms with E-state index in [-0.39, 0.29) is 5.54 Å². The lowest BCUT2D eigenvalue weighted by atomic mass is 10.2. The number of aryl methyl sites for hydroxylation is 1. The highest BCUT2D eigenvalue weighted by Gasteiger charge is 2.45. The summed E-state index contributed by atoms with van der Waals surface area (Å²) in [5, 5.41) is 3.29. The van der Waals surface area contributed by atoms with Gasteiger partial charge < -0.3 is 9.73 Å². The number of nitrogens with one attached hydrogen (secondary N) is 1. The van der Waals surface area contributed by atoms with Crippen LogP contribution in [0.2, 0.25) is 0 Å². The molecule has 1 fully saturated rings. The lowest BCUT2D eigenvalue weighted by molar-refractivity contribution is 0.403. The van der Waals surface area contributed by atoms with Crippen LogP contribution in [0.15, 0.2) is 16.5 Å². The van der Waals surface area contributed by atoms with Gasteiger partial charge in [-0.25, -0.2) is 0 Å². The van der Waals surface area contributed by atoms with Gasteiger partial charge in [-0.3, -0.25) is 0 Å².